The van der Waals surface area contributed by atoms with E-state index in [-0.39, 0.29) is 23.8 Å². The fraction of sp³-hybridized carbons (Fsp3) is 0.923. The highest BCUT2D eigenvalue weighted by molar-refractivity contribution is 5.79. The summed E-state index contributed by atoms with van der Waals surface area (Å²) in [6.45, 7) is 2.69. The molecule has 0 radical (unpaired) electrons. The van der Waals surface area contributed by atoms with Crippen molar-refractivity contribution in [1.82, 2.24) is 10.6 Å². The van der Waals surface area contributed by atoms with E-state index in [4.69, 9.17) is 0 Å². The monoisotopic (exact) mass is 240 g/mol. The smallest absolute Gasteiger partial charge is 0.224 e. The van der Waals surface area contributed by atoms with Crippen LogP contribution in [0.1, 0.15) is 38.5 Å². The number of carbonyl (C=O) groups excluding carboxylic acids is 1. The minimum atomic E-state index is -0.0300. The van der Waals surface area contributed by atoms with Gasteiger partial charge in [0.1, 0.15) is 0 Å². The van der Waals surface area contributed by atoms with E-state index in [0.717, 1.165) is 38.8 Å². The summed E-state index contributed by atoms with van der Waals surface area (Å²) in [6.07, 6.45) is 6.54. The lowest BCUT2D eigenvalue weighted by atomic mass is 9.87. The number of carbonyl (C=O) groups is 1. The van der Waals surface area contributed by atoms with Crippen molar-refractivity contribution in [3.05, 3.63) is 0 Å². The maximum absolute atomic E-state index is 12.0. The van der Waals surface area contributed by atoms with E-state index in [2.05, 4.69) is 10.6 Å². The molecular formula is C13H24N2O2. The largest absolute Gasteiger partial charge is 0.396 e. The summed E-state index contributed by atoms with van der Waals surface area (Å²) >= 11 is 0. The van der Waals surface area contributed by atoms with Gasteiger partial charge >= 0.3 is 0 Å². The Morgan fingerprint density at radius 3 is 2.71 bits per heavy atom. The molecule has 1 saturated heterocycles. The molecule has 1 aliphatic heterocycles. The van der Waals surface area contributed by atoms with Crippen molar-refractivity contribution in [3.8, 4) is 0 Å². The van der Waals surface area contributed by atoms with Crippen LogP contribution in [-0.4, -0.2) is 37.3 Å². The lowest BCUT2D eigenvalue weighted by Gasteiger charge is -2.28. The number of nitrogens with one attached hydrogen (secondary N) is 2. The fourth-order valence-corrected chi connectivity index (χ4v) is 3.01. The topological polar surface area (TPSA) is 61.4 Å². The Kier molecular flexibility index (Phi) is 4.40. The highest BCUT2D eigenvalue weighted by atomic mass is 16.3. The van der Waals surface area contributed by atoms with Crippen LogP contribution in [0.5, 0.6) is 0 Å². The Balaban J connectivity index is 1.78. The average molecular weight is 240 g/mol. The van der Waals surface area contributed by atoms with Gasteiger partial charge in [0.15, 0.2) is 0 Å². The van der Waals surface area contributed by atoms with Crippen LogP contribution in [0, 0.1) is 11.3 Å². The summed E-state index contributed by atoms with van der Waals surface area (Å²) < 4.78 is 0. The summed E-state index contributed by atoms with van der Waals surface area (Å²) in [5, 5.41) is 15.8. The molecule has 1 atom stereocenters. The van der Waals surface area contributed by atoms with Crippen LogP contribution >= 0.6 is 0 Å². The molecule has 17 heavy (non-hydrogen) atoms. The second kappa shape index (κ2) is 5.83. The van der Waals surface area contributed by atoms with Gasteiger partial charge in [-0.3, -0.25) is 4.79 Å². The van der Waals surface area contributed by atoms with E-state index in [1.807, 2.05) is 0 Å². The third kappa shape index (κ3) is 3.19. The Morgan fingerprint density at radius 2 is 2.12 bits per heavy atom. The average Bonchev–Trinajstić information content (AvgIpc) is 2.86. The van der Waals surface area contributed by atoms with Crippen LogP contribution < -0.4 is 10.6 Å². The second-order valence-electron chi connectivity index (χ2n) is 5.63. The van der Waals surface area contributed by atoms with Gasteiger partial charge in [-0.25, -0.2) is 0 Å². The standard InChI is InChI=1S/C13H24N2O2/c16-10-13(5-1-2-6-13)9-15-12(17)11-4-3-7-14-8-11/h11,14,16H,1-10H2,(H,15,17)/t11-/m0/s1. The first-order valence-electron chi connectivity index (χ1n) is 6.85. The van der Waals surface area contributed by atoms with Gasteiger partial charge in [0.25, 0.3) is 0 Å². The molecule has 2 aliphatic rings. The Labute approximate surface area is 103 Å². The molecule has 1 amide bonds. The van der Waals surface area contributed by atoms with Crippen molar-refractivity contribution in [1.29, 1.82) is 0 Å². The SMILES string of the molecule is O=C(NCC1(CO)CCCC1)[C@H]1CCCNC1. The van der Waals surface area contributed by atoms with Gasteiger partial charge in [-0.2, -0.15) is 0 Å². The lowest BCUT2D eigenvalue weighted by Crippen LogP contribution is -2.44. The van der Waals surface area contributed by atoms with Crippen LogP contribution in [0.4, 0.5) is 0 Å². The van der Waals surface area contributed by atoms with E-state index in [1.165, 1.54) is 12.8 Å². The number of hydrogen-bond acceptors (Lipinski definition) is 3. The van der Waals surface area contributed by atoms with E-state index < -0.39 is 0 Å². The predicted molar refractivity (Wildman–Crippen MR) is 66.6 cm³/mol. The van der Waals surface area contributed by atoms with Crippen LogP contribution in [0.2, 0.25) is 0 Å². The van der Waals surface area contributed by atoms with Crippen LogP contribution in [0.15, 0.2) is 0 Å². The van der Waals surface area contributed by atoms with Gasteiger partial charge in [-0.1, -0.05) is 12.8 Å². The normalized spacial score (nSPS) is 27.9. The molecule has 0 bridgehead atoms. The Morgan fingerprint density at radius 1 is 1.35 bits per heavy atom. The molecule has 1 saturated carbocycles. The first kappa shape index (κ1) is 12.8. The maximum Gasteiger partial charge on any atom is 0.224 e. The van der Waals surface area contributed by atoms with Crippen molar-refractivity contribution < 1.29 is 9.90 Å². The van der Waals surface area contributed by atoms with Crippen LogP contribution in [-0.2, 0) is 4.79 Å². The molecule has 4 heteroatoms. The molecule has 0 spiro atoms. The van der Waals surface area contributed by atoms with Gasteiger partial charge in [0.2, 0.25) is 5.91 Å². The van der Waals surface area contributed by atoms with Crippen LogP contribution in [0.3, 0.4) is 0 Å². The zero-order chi connectivity index (χ0) is 12.1. The lowest BCUT2D eigenvalue weighted by molar-refractivity contribution is -0.126. The van der Waals surface area contributed by atoms with Crippen molar-refractivity contribution in [2.24, 2.45) is 11.3 Å². The molecule has 1 heterocycles. The van der Waals surface area contributed by atoms with Gasteiger partial charge in [-0.15, -0.1) is 0 Å². The number of amides is 1. The van der Waals surface area contributed by atoms with E-state index in [9.17, 15) is 9.90 Å². The third-order valence-electron chi connectivity index (χ3n) is 4.30. The molecule has 4 nitrogen and oxygen atoms in total. The highest BCUT2D eigenvalue weighted by Crippen LogP contribution is 2.36. The zero-order valence-electron chi connectivity index (χ0n) is 10.5. The number of aliphatic hydroxyl groups is 1. The van der Waals surface area contributed by atoms with Gasteiger partial charge in [0.05, 0.1) is 12.5 Å². The van der Waals surface area contributed by atoms with Gasteiger partial charge < -0.3 is 15.7 Å². The minimum absolute atomic E-state index is 0.0300. The van der Waals surface area contributed by atoms with Crippen LogP contribution in [0.25, 0.3) is 0 Å². The minimum Gasteiger partial charge on any atom is -0.396 e. The van der Waals surface area contributed by atoms with Gasteiger partial charge in [0, 0.05) is 18.5 Å². The molecular weight excluding hydrogens is 216 g/mol. The first-order chi connectivity index (χ1) is 8.26. The molecule has 3 N–H and O–H groups in total. The summed E-state index contributed by atoms with van der Waals surface area (Å²) in [4.78, 5) is 12.0. The fourth-order valence-electron chi connectivity index (χ4n) is 3.01. The molecule has 0 aromatic rings. The van der Waals surface area contributed by atoms with Crippen molar-refractivity contribution in [3.63, 3.8) is 0 Å². The maximum atomic E-state index is 12.0. The summed E-state index contributed by atoms with van der Waals surface area (Å²) in [5.74, 6) is 0.290. The molecule has 98 valence electrons. The quantitative estimate of drug-likeness (QED) is 0.676. The van der Waals surface area contributed by atoms with E-state index in [1.54, 1.807) is 0 Å². The molecule has 0 aromatic carbocycles. The summed E-state index contributed by atoms with van der Waals surface area (Å²) in [5.41, 5.74) is -0.0300. The third-order valence-corrected chi connectivity index (χ3v) is 4.30. The first-order valence-corrected chi connectivity index (χ1v) is 6.85. The molecule has 2 fully saturated rings. The number of hydrogen-bond donors (Lipinski definition) is 3. The zero-order valence-corrected chi connectivity index (χ0v) is 10.5. The Hall–Kier alpha value is -0.610. The second-order valence-corrected chi connectivity index (χ2v) is 5.63. The molecule has 0 aromatic heterocycles. The predicted octanol–water partition coefficient (Wildman–Crippen LogP) is 0.655. The summed E-state index contributed by atoms with van der Waals surface area (Å²) in [6, 6.07) is 0. The van der Waals surface area contributed by atoms with Gasteiger partial charge in [-0.05, 0) is 32.2 Å². The molecule has 0 unspecified atom stereocenters. The number of piperidine rings is 1. The molecule has 1 aliphatic carbocycles. The highest BCUT2D eigenvalue weighted by Gasteiger charge is 2.34. The summed E-state index contributed by atoms with van der Waals surface area (Å²) in [7, 11) is 0. The Bertz CT molecular complexity index is 256. The van der Waals surface area contributed by atoms with E-state index >= 15 is 0 Å². The number of rotatable bonds is 4. The van der Waals surface area contributed by atoms with Crippen molar-refractivity contribution >= 4 is 5.91 Å². The van der Waals surface area contributed by atoms with E-state index in [0.29, 0.717) is 6.54 Å². The molecule has 2 rings (SSSR count). The van der Waals surface area contributed by atoms with Crippen molar-refractivity contribution in [2.75, 3.05) is 26.2 Å². The van der Waals surface area contributed by atoms with Crippen molar-refractivity contribution in [2.45, 2.75) is 38.5 Å². The number of aliphatic hydroxyl groups excluding tert-OH is 1.